The summed E-state index contributed by atoms with van der Waals surface area (Å²) in [5.41, 5.74) is 10.2. The number of phenols is 1. The van der Waals surface area contributed by atoms with E-state index in [-0.39, 0.29) is 38.7 Å². The van der Waals surface area contributed by atoms with Gasteiger partial charge in [0.2, 0.25) is 0 Å². The molecule has 0 fully saturated rings. The zero-order chi connectivity index (χ0) is 33.8. The summed E-state index contributed by atoms with van der Waals surface area (Å²) in [6.07, 6.45) is 0. The van der Waals surface area contributed by atoms with Gasteiger partial charge in [0.1, 0.15) is 43.0 Å². The van der Waals surface area contributed by atoms with E-state index in [9.17, 15) is 5.11 Å². The van der Waals surface area contributed by atoms with E-state index in [0.29, 0.717) is 5.82 Å². The van der Waals surface area contributed by atoms with Crippen molar-refractivity contribution < 1.29 is 5.11 Å². The summed E-state index contributed by atoms with van der Waals surface area (Å²) in [7, 11) is 25.5. The fraction of sp³-hybridized carbons (Fsp3) is 0.0714. The fourth-order valence-electron chi connectivity index (χ4n) is 7.99. The third kappa shape index (κ3) is 4.05. The highest BCUT2D eigenvalue weighted by Crippen LogP contribution is 2.51. The number of aromatic hydroxyl groups is 1. The maximum absolute atomic E-state index is 11.5. The van der Waals surface area contributed by atoms with Crippen LogP contribution in [0.25, 0.3) is 71.9 Å². The number of fused-ring (bicyclic) bond motifs is 6. The zero-order valence-electron chi connectivity index (χ0n) is 27.1. The van der Waals surface area contributed by atoms with E-state index in [0.717, 1.165) is 49.3 Å². The lowest BCUT2D eigenvalue weighted by Gasteiger charge is -2.24. The molecule has 0 bridgehead atoms. The van der Waals surface area contributed by atoms with Crippen LogP contribution in [0.15, 0.2) is 115 Å². The second kappa shape index (κ2) is 10.5. The van der Waals surface area contributed by atoms with Gasteiger partial charge in [-0.05, 0) is 73.1 Å². The van der Waals surface area contributed by atoms with Crippen molar-refractivity contribution in [3.63, 3.8) is 0 Å². The Kier molecular flexibility index (Phi) is 6.39. The second-order valence-corrected chi connectivity index (χ2v) is 13.4. The highest BCUT2D eigenvalue weighted by atomic mass is 16.3. The number of phenolic OH excluding ortho intramolecular Hbond substituents is 1. The first-order valence-corrected chi connectivity index (χ1v) is 16.3. The van der Waals surface area contributed by atoms with Gasteiger partial charge in [-0.25, -0.2) is 4.98 Å². The van der Waals surface area contributed by atoms with Crippen LogP contribution in [-0.2, 0) is 5.41 Å². The lowest BCUT2D eigenvalue weighted by atomic mass is 9.66. The van der Waals surface area contributed by atoms with Crippen molar-refractivity contribution in [2.45, 2.75) is 19.3 Å². The number of rotatable bonds is 3. The van der Waals surface area contributed by atoms with Gasteiger partial charge in [0.05, 0.1) is 16.7 Å². The Morgan fingerprint density at radius 2 is 1.12 bits per heavy atom. The Morgan fingerprint density at radius 3 is 1.82 bits per heavy atom. The summed E-state index contributed by atoms with van der Waals surface area (Å²) < 4.78 is 1.86. The van der Waals surface area contributed by atoms with Gasteiger partial charge in [-0.3, -0.25) is 4.57 Å². The maximum atomic E-state index is 11.5. The molecule has 8 aromatic rings. The molecule has 0 spiro atoms. The monoisotopic (exact) mass is 618 g/mol. The van der Waals surface area contributed by atoms with Crippen molar-refractivity contribution in [1.82, 2.24) is 9.55 Å². The predicted molar refractivity (Wildman–Crippen MR) is 208 cm³/mol. The Labute approximate surface area is 290 Å². The Morgan fingerprint density at radius 1 is 0.571 bits per heavy atom. The molecule has 222 valence electrons. The molecule has 1 aliphatic carbocycles. The summed E-state index contributed by atoms with van der Waals surface area (Å²) in [6, 6.07) is 40.2. The molecule has 0 unspecified atom stereocenters. The molecule has 0 aliphatic heterocycles. The highest BCUT2D eigenvalue weighted by molar-refractivity contribution is 6.64. The number of benzene rings is 7. The summed E-state index contributed by atoms with van der Waals surface area (Å²) in [5.74, 6) is 0.344. The first-order valence-electron chi connectivity index (χ1n) is 16.3. The zero-order valence-corrected chi connectivity index (χ0v) is 27.1. The second-order valence-electron chi connectivity index (χ2n) is 13.4. The van der Waals surface area contributed by atoms with Crippen LogP contribution < -0.4 is 21.9 Å². The molecule has 0 saturated carbocycles. The molecule has 0 atom stereocenters. The molecule has 1 aliphatic rings. The van der Waals surface area contributed by atoms with E-state index in [1.165, 1.54) is 22.3 Å². The van der Waals surface area contributed by atoms with Gasteiger partial charge < -0.3 is 5.11 Å². The average Bonchev–Trinajstić information content (AvgIpc) is 3.60. The van der Waals surface area contributed by atoms with Gasteiger partial charge in [0.25, 0.3) is 0 Å². The molecule has 0 saturated heterocycles. The molecule has 3 nitrogen and oxygen atoms in total. The summed E-state index contributed by atoms with van der Waals surface area (Å²) in [6.45, 7) is 4.62. The average molecular weight is 618 g/mol. The number of nitrogens with zero attached hydrogens (tertiary/aromatic N) is 2. The molecular formula is C42H26B4N2O. The van der Waals surface area contributed by atoms with Gasteiger partial charge in [-0.2, -0.15) is 0 Å². The molecule has 49 heavy (non-hydrogen) atoms. The lowest BCUT2D eigenvalue weighted by molar-refractivity contribution is 0.478. The van der Waals surface area contributed by atoms with E-state index in [2.05, 4.69) is 92.7 Å². The van der Waals surface area contributed by atoms with E-state index >= 15 is 0 Å². The first kappa shape index (κ1) is 29.7. The van der Waals surface area contributed by atoms with E-state index in [4.69, 9.17) is 36.4 Å². The van der Waals surface area contributed by atoms with Crippen molar-refractivity contribution in [3.8, 4) is 45.1 Å². The fourth-order valence-corrected chi connectivity index (χ4v) is 7.99. The van der Waals surface area contributed by atoms with E-state index in [1.807, 2.05) is 41.0 Å². The smallest absolute Gasteiger partial charge is 0.147 e. The van der Waals surface area contributed by atoms with Gasteiger partial charge >= 0.3 is 0 Å². The summed E-state index contributed by atoms with van der Waals surface area (Å²) in [5, 5.41) is 15.7. The van der Waals surface area contributed by atoms with Crippen molar-refractivity contribution >= 4 is 85.8 Å². The molecule has 7 heteroatoms. The van der Waals surface area contributed by atoms with Crippen LogP contribution in [0.3, 0.4) is 0 Å². The molecule has 0 amide bonds. The maximum Gasteiger partial charge on any atom is 0.147 e. The number of para-hydroxylation sites is 2. The predicted octanol–water partition coefficient (Wildman–Crippen LogP) is 5.85. The van der Waals surface area contributed by atoms with Crippen molar-refractivity contribution in [2.24, 2.45) is 0 Å². The number of aromatic nitrogens is 2. The van der Waals surface area contributed by atoms with Crippen LogP contribution in [0.4, 0.5) is 0 Å². The quantitative estimate of drug-likeness (QED) is 0.200. The minimum atomic E-state index is -0.249. The molecule has 1 aromatic heterocycles. The Bertz CT molecular complexity index is 2620. The van der Waals surface area contributed by atoms with E-state index in [1.54, 1.807) is 0 Å². The van der Waals surface area contributed by atoms with Crippen LogP contribution >= 0.6 is 0 Å². The van der Waals surface area contributed by atoms with Crippen LogP contribution in [0.5, 0.6) is 5.75 Å². The minimum absolute atomic E-state index is 0.0304. The number of hydrogen-bond donors (Lipinski definition) is 1. The number of imidazole rings is 1. The van der Waals surface area contributed by atoms with Gasteiger partial charge in [-0.1, -0.05) is 122 Å². The normalized spacial score (nSPS) is 13.3. The molecule has 8 radical (unpaired) electrons. The summed E-state index contributed by atoms with van der Waals surface area (Å²) >= 11 is 0. The van der Waals surface area contributed by atoms with Crippen LogP contribution in [-0.4, -0.2) is 46.0 Å². The first-order chi connectivity index (χ1) is 23.7. The van der Waals surface area contributed by atoms with Gasteiger partial charge in [0.15, 0.2) is 0 Å². The van der Waals surface area contributed by atoms with Crippen LogP contribution in [0.2, 0.25) is 0 Å². The minimum Gasteiger partial charge on any atom is -0.506 e. The molecule has 7 aromatic carbocycles. The Balaban J connectivity index is 1.39. The molecular weight excluding hydrogens is 592 g/mol. The Hall–Kier alpha value is -5.41. The molecule has 1 heterocycles. The molecule has 1 N–H and O–H groups in total. The SMILES string of the molecule is [B]c1c([B])c([B])c(-n2c(-c3c4ccccc4c(-c4ccc5c(c4)C(C)(C)c4ccccc4-5)c4ccccc34)nc3ccccc32)c(O)c1[B]. The third-order valence-electron chi connectivity index (χ3n) is 10.4. The van der Waals surface area contributed by atoms with Crippen LogP contribution in [0, 0.1) is 0 Å². The van der Waals surface area contributed by atoms with Crippen molar-refractivity contribution in [1.29, 1.82) is 0 Å². The summed E-state index contributed by atoms with van der Waals surface area (Å²) in [4.78, 5) is 5.20. The standard InChI is InChI=1S/C42H26B4N2O/c1-42(2)29-16-8-7-11-23(29)24-20-19-22(21-30(24)42)33-25-12-3-5-14-27(25)34(28-15-6-4-13-26(28)33)41-47-31-17-9-10-18-32(31)48(41)39-37(45)35(43)36(44)38(46)40(39)49/h3-21,49H,1-2H3. The number of hydrogen-bond acceptors (Lipinski definition) is 2. The largest absolute Gasteiger partial charge is 0.506 e. The highest BCUT2D eigenvalue weighted by Gasteiger charge is 2.35. The van der Waals surface area contributed by atoms with E-state index < -0.39 is 0 Å². The van der Waals surface area contributed by atoms with Crippen molar-refractivity contribution in [3.05, 3.63) is 126 Å². The van der Waals surface area contributed by atoms with Gasteiger partial charge in [-0.15, -0.1) is 10.9 Å². The lowest BCUT2D eigenvalue weighted by Crippen LogP contribution is -2.49. The van der Waals surface area contributed by atoms with Crippen LogP contribution in [0.1, 0.15) is 25.0 Å². The van der Waals surface area contributed by atoms with Gasteiger partial charge in [0, 0.05) is 11.0 Å². The topological polar surface area (TPSA) is 38.0 Å². The molecule has 9 rings (SSSR count). The third-order valence-corrected chi connectivity index (χ3v) is 10.4. The van der Waals surface area contributed by atoms with Crippen molar-refractivity contribution in [2.75, 3.05) is 0 Å².